The number of carbonyl (C=O) groups is 1. The Bertz CT molecular complexity index is 454. The summed E-state index contributed by atoms with van der Waals surface area (Å²) in [4.78, 5) is 11.0. The highest BCUT2D eigenvalue weighted by atomic mass is 16.5. The van der Waals surface area contributed by atoms with E-state index < -0.39 is 18.0 Å². The third kappa shape index (κ3) is 1.82. The van der Waals surface area contributed by atoms with Gasteiger partial charge in [-0.15, -0.1) is 0 Å². The van der Waals surface area contributed by atoms with Gasteiger partial charge in [-0.25, -0.2) is 0 Å². The van der Waals surface area contributed by atoms with E-state index in [4.69, 9.17) is 14.6 Å². The van der Waals surface area contributed by atoms with E-state index in [9.17, 15) is 9.90 Å². The zero-order valence-electron chi connectivity index (χ0n) is 9.64. The summed E-state index contributed by atoms with van der Waals surface area (Å²) in [5, 5.41) is 18.9. The van der Waals surface area contributed by atoms with Crippen LogP contribution in [0.15, 0.2) is 12.1 Å². The van der Waals surface area contributed by atoms with Crippen LogP contribution in [-0.2, 0) is 11.2 Å². The monoisotopic (exact) mass is 238 g/mol. The molecule has 0 saturated carbocycles. The van der Waals surface area contributed by atoms with E-state index in [2.05, 4.69) is 0 Å². The molecule has 92 valence electrons. The van der Waals surface area contributed by atoms with Crippen molar-refractivity contribution in [3.63, 3.8) is 0 Å². The predicted molar refractivity (Wildman–Crippen MR) is 59.3 cm³/mol. The van der Waals surface area contributed by atoms with Crippen molar-refractivity contribution >= 4 is 5.97 Å². The van der Waals surface area contributed by atoms with Crippen LogP contribution in [0, 0.1) is 5.92 Å². The quantitative estimate of drug-likeness (QED) is 0.821. The lowest BCUT2D eigenvalue weighted by molar-refractivity contribution is -0.145. The molecular weight excluding hydrogens is 224 g/mol. The van der Waals surface area contributed by atoms with E-state index in [0.717, 1.165) is 5.56 Å². The first kappa shape index (κ1) is 11.7. The first-order valence-electron chi connectivity index (χ1n) is 5.24. The number of rotatable bonds is 3. The highest BCUT2D eigenvalue weighted by molar-refractivity contribution is 5.73. The highest BCUT2D eigenvalue weighted by Gasteiger charge is 2.37. The van der Waals surface area contributed by atoms with Crippen molar-refractivity contribution in [1.29, 1.82) is 0 Å². The number of aliphatic hydroxyl groups excluding tert-OH is 1. The smallest absolute Gasteiger partial charge is 0.309 e. The van der Waals surface area contributed by atoms with Gasteiger partial charge in [0.1, 0.15) is 0 Å². The van der Waals surface area contributed by atoms with Crippen molar-refractivity contribution in [3.05, 3.63) is 23.3 Å². The SMILES string of the molecule is COc1cc2c(cc1OC)C(O)C(C(=O)O)C2. The van der Waals surface area contributed by atoms with Gasteiger partial charge in [0.2, 0.25) is 0 Å². The number of methoxy groups -OCH3 is 2. The highest BCUT2D eigenvalue weighted by Crippen LogP contribution is 2.42. The summed E-state index contributed by atoms with van der Waals surface area (Å²) < 4.78 is 10.3. The Labute approximate surface area is 98.6 Å². The molecule has 17 heavy (non-hydrogen) atoms. The van der Waals surface area contributed by atoms with Gasteiger partial charge in [0.15, 0.2) is 11.5 Å². The van der Waals surface area contributed by atoms with E-state index in [1.807, 2.05) is 0 Å². The third-order valence-corrected chi connectivity index (χ3v) is 3.10. The molecule has 1 aliphatic rings. The Kier molecular flexibility index (Phi) is 2.93. The van der Waals surface area contributed by atoms with E-state index in [-0.39, 0.29) is 0 Å². The molecule has 1 aliphatic carbocycles. The van der Waals surface area contributed by atoms with Gasteiger partial charge >= 0.3 is 5.97 Å². The van der Waals surface area contributed by atoms with Crippen LogP contribution in [0.3, 0.4) is 0 Å². The van der Waals surface area contributed by atoms with Gasteiger partial charge in [-0.3, -0.25) is 4.79 Å². The average molecular weight is 238 g/mol. The van der Waals surface area contributed by atoms with Crippen LogP contribution in [0.25, 0.3) is 0 Å². The van der Waals surface area contributed by atoms with Crippen molar-refractivity contribution in [1.82, 2.24) is 0 Å². The summed E-state index contributed by atoms with van der Waals surface area (Å²) >= 11 is 0. The molecule has 2 atom stereocenters. The number of carboxylic acid groups (broad SMARTS) is 1. The van der Waals surface area contributed by atoms with Crippen LogP contribution in [0.5, 0.6) is 11.5 Å². The molecule has 1 aromatic carbocycles. The topological polar surface area (TPSA) is 76.0 Å². The molecule has 0 radical (unpaired) electrons. The van der Waals surface area contributed by atoms with E-state index in [1.165, 1.54) is 14.2 Å². The number of hydrogen-bond donors (Lipinski definition) is 2. The van der Waals surface area contributed by atoms with Gasteiger partial charge in [0.05, 0.1) is 26.2 Å². The minimum Gasteiger partial charge on any atom is -0.493 e. The van der Waals surface area contributed by atoms with E-state index in [0.29, 0.717) is 23.5 Å². The first-order valence-corrected chi connectivity index (χ1v) is 5.24. The molecule has 2 N–H and O–H groups in total. The van der Waals surface area contributed by atoms with Crippen LogP contribution >= 0.6 is 0 Å². The van der Waals surface area contributed by atoms with Gasteiger partial charge in [0.25, 0.3) is 0 Å². The maximum absolute atomic E-state index is 11.0. The number of carboxylic acids is 1. The Morgan fingerprint density at radius 3 is 2.41 bits per heavy atom. The predicted octanol–water partition coefficient (Wildman–Crippen LogP) is 0.994. The van der Waals surface area contributed by atoms with Crippen molar-refractivity contribution in [3.8, 4) is 11.5 Å². The normalized spacial score (nSPS) is 22.1. The van der Waals surface area contributed by atoms with Crippen molar-refractivity contribution < 1.29 is 24.5 Å². The fourth-order valence-corrected chi connectivity index (χ4v) is 2.18. The second-order valence-electron chi connectivity index (χ2n) is 4.00. The Hall–Kier alpha value is -1.75. The molecule has 0 aromatic heterocycles. The third-order valence-electron chi connectivity index (χ3n) is 3.10. The standard InChI is InChI=1S/C12H14O5/c1-16-9-4-6-3-8(12(14)15)11(13)7(6)5-10(9)17-2/h4-5,8,11,13H,3H2,1-2H3,(H,14,15). The van der Waals surface area contributed by atoms with Crippen LogP contribution in [0.2, 0.25) is 0 Å². The molecule has 2 rings (SSSR count). The molecule has 2 unspecified atom stereocenters. The second-order valence-corrected chi connectivity index (χ2v) is 4.00. The minimum absolute atomic E-state index is 0.312. The summed E-state index contributed by atoms with van der Waals surface area (Å²) in [5.41, 5.74) is 1.40. The lowest BCUT2D eigenvalue weighted by Crippen LogP contribution is -2.17. The maximum atomic E-state index is 11.0. The van der Waals surface area contributed by atoms with Crippen LogP contribution in [0.1, 0.15) is 17.2 Å². The van der Waals surface area contributed by atoms with Crippen molar-refractivity contribution in [2.24, 2.45) is 5.92 Å². The minimum atomic E-state index is -0.994. The summed E-state index contributed by atoms with van der Waals surface area (Å²) in [6.45, 7) is 0. The fraction of sp³-hybridized carbons (Fsp3) is 0.417. The number of ether oxygens (including phenoxy) is 2. The Morgan fingerprint density at radius 1 is 1.29 bits per heavy atom. The van der Waals surface area contributed by atoms with Gasteiger partial charge in [0, 0.05) is 0 Å². The Balaban J connectivity index is 2.45. The number of aliphatic carboxylic acids is 1. The first-order chi connectivity index (χ1) is 8.08. The molecule has 0 saturated heterocycles. The van der Waals surface area contributed by atoms with Crippen LogP contribution < -0.4 is 9.47 Å². The Morgan fingerprint density at radius 2 is 1.88 bits per heavy atom. The van der Waals surface area contributed by atoms with Gasteiger partial charge < -0.3 is 19.7 Å². The molecule has 0 heterocycles. The zero-order chi connectivity index (χ0) is 12.6. The van der Waals surface area contributed by atoms with E-state index >= 15 is 0 Å². The van der Waals surface area contributed by atoms with Crippen molar-refractivity contribution in [2.75, 3.05) is 14.2 Å². The maximum Gasteiger partial charge on any atom is 0.309 e. The van der Waals surface area contributed by atoms with Crippen molar-refractivity contribution in [2.45, 2.75) is 12.5 Å². The lowest BCUT2D eigenvalue weighted by atomic mass is 10.0. The fourth-order valence-electron chi connectivity index (χ4n) is 2.18. The summed E-state index contributed by atoms with van der Waals surface area (Å²) in [7, 11) is 3.02. The summed E-state index contributed by atoms with van der Waals surface area (Å²) in [6.07, 6.45) is -0.672. The van der Waals surface area contributed by atoms with E-state index in [1.54, 1.807) is 12.1 Å². The molecule has 0 amide bonds. The molecule has 0 bridgehead atoms. The number of aliphatic hydroxyl groups is 1. The van der Waals surface area contributed by atoms with Gasteiger partial charge in [-0.1, -0.05) is 0 Å². The largest absolute Gasteiger partial charge is 0.493 e. The summed E-state index contributed by atoms with van der Waals surface area (Å²) in [5.74, 6) is -0.741. The van der Waals surface area contributed by atoms with Gasteiger partial charge in [-0.05, 0) is 29.7 Å². The molecule has 0 fully saturated rings. The number of benzene rings is 1. The molecule has 0 spiro atoms. The van der Waals surface area contributed by atoms with Crippen LogP contribution in [-0.4, -0.2) is 30.4 Å². The molecule has 1 aromatic rings. The summed E-state index contributed by atoms with van der Waals surface area (Å²) in [6, 6.07) is 3.36. The number of hydrogen-bond acceptors (Lipinski definition) is 4. The number of fused-ring (bicyclic) bond motifs is 1. The van der Waals surface area contributed by atoms with Crippen LogP contribution in [0.4, 0.5) is 0 Å². The average Bonchev–Trinajstić information content (AvgIpc) is 2.64. The second kappa shape index (κ2) is 4.25. The van der Waals surface area contributed by atoms with Gasteiger partial charge in [-0.2, -0.15) is 0 Å². The molecule has 5 nitrogen and oxygen atoms in total. The molecule has 5 heteroatoms. The zero-order valence-corrected chi connectivity index (χ0v) is 9.64. The molecular formula is C12H14O5. The molecule has 0 aliphatic heterocycles. The lowest BCUT2D eigenvalue weighted by Gasteiger charge is -2.12.